The van der Waals surface area contributed by atoms with Crippen LogP contribution in [0, 0.1) is 0 Å². The average Bonchev–Trinajstić information content (AvgIpc) is 2.88. The minimum absolute atomic E-state index is 0.0776. The van der Waals surface area contributed by atoms with Crippen LogP contribution >= 0.6 is 0 Å². The number of aliphatic hydroxyl groups excluding tert-OH is 1. The fraction of sp³-hybridized carbons (Fsp3) is 0.222. The summed E-state index contributed by atoms with van der Waals surface area (Å²) in [5.41, 5.74) is 1.95. The van der Waals surface area contributed by atoms with Crippen molar-refractivity contribution in [2.24, 2.45) is 0 Å². The number of aliphatic hydroxyl groups is 1. The van der Waals surface area contributed by atoms with Crippen molar-refractivity contribution >= 4 is 17.5 Å². The van der Waals surface area contributed by atoms with Gasteiger partial charge in [0, 0.05) is 12.0 Å². The number of methoxy groups -OCH3 is 1. The number of amides is 1. The van der Waals surface area contributed by atoms with Crippen molar-refractivity contribution in [2.75, 3.05) is 20.3 Å². The highest BCUT2D eigenvalue weighted by Crippen LogP contribution is 2.15. The summed E-state index contributed by atoms with van der Waals surface area (Å²) in [7, 11) is 1.58. The summed E-state index contributed by atoms with van der Waals surface area (Å²) in [6, 6.07) is 22.0. The fourth-order valence-corrected chi connectivity index (χ4v) is 3.37. The summed E-state index contributed by atoms with van der Waals surface area (Å²) in [6.45, 7) is -0.784. The van der Waals surface area contributed by atoms with Gasteiger partial charge in [-0.2, -0.15) is 0 Å². The lowest BCUT2D eigenvalue weighted by molar-refractivity contribution is -0.128. The quantitative estimate of drug-likeness (QED) is 0.402. The van der Waals surface area contributed by atoms with Crippen molar-refractivity contribution in [3.8, 4) is 11.5 Å². The maximum absolute atomic E-state index is 13.1. The predicted octanol–water partition coefficient (Wildman–Crippen LogP) is 2.79. The maximum Gasteiger partial charge on any atom is 0.258 e. The van der Waals surface area contributed by atoms with E-state index in [1.54, 1.807) is 55.6 Å². The van der Waals surface area contributed by atoms with E-state index in [4.69, 9.17) is 14.6 Å². The Morgan fingerprint density at radius 3 is 2.12 bits per heavy atom. The van der Waals surface area contributed by atoms with Gasteiger partial charge >= 0.3 is 0 Å². The van der Waals surface area contributed by atoms with Crippen molar-refractivity contribution in [3.05, 3.63) is 95.6 Å². The van der Waals surface area contributed by atoms with Crippen molar-refractivity contribution in [1.82, 2.24) is 5.32 Å². The third-order valence-corrected chi connectivity index (χ3v) is 5.23. The molecule has 176 valence electrons. The monoisotopic (exact) mass is 461 g/mol. The van der Waals surface area contributed by atoms with Gasteiger partial charge in [0.1, 0.15) is 18.1 Å². The lowest BCUT2D eigenvalue weighted by Crippen LogP contribution is -2.45. The molecule has 34 heavy (non-hydrogen) atoms. The molecule has 0 aliphatic heterocycles. The predicted molar refractivity (Wildman–Crippen MR) is 127 cm³/mol. The molecule has 3 aromatic rings. The third-order valence-electron chi connectivity index (χ3n) is 5.23. The molecule has 0 saturated heterocycles. The molecule has 0 aliphatic rings. The van der Waals surface area contributed by atoms with Gasteiger partial charge in [-0.1, -0.05) is 54.6 Å². The van der Waals surface area contributed by atoms with Gasteiger partial charge in [-0.15, -0.1) is 0 Å². The summed E-state index contributed by atoms with van der Waals surface area (Å²) in [4.78, 5) is 37.3. The molecule has 0 spiro atoms. The zero-order chi connectivity index (χ0) is 24.3. The summed E-state index contributed by atoms with van der Waals surface area (Å²) in [6.07, 6.45) is 0.384. The van der Waals surface area contributed by atoms with Gasteiger partial charge in [0.05, 0.1) is 13.2 Å². The molecule has 2 N–H and O–H groups in total. The zero-order valence-electron chi connectivity index (χ0n) is 18.9. The van der Waals surface area contributed by atoms with Crippen LogP contribution in [-0.4, -0.2) is 48.9 Å². The van der Waals surface area contributed by atoms with E-state index in [9.17, 15) is 14.4 Å². The number of rotatable bonds is 12. The Labute approximate surface area is 198 Å². The molecule has 1 amide bonds. The lowest BCUT2D eigenvalue weighted by Gasteiger charge is -2.19. The van der Waals surface area contributed by atoms with Crippen LogP contribution in [-0.2, 0) is 22.4 Å². The first kappa shape index (κ1) is 24.7. The lowest BCUT2D eigenvalue weighted by atomic mass is 9.96. The summed E-state index contributed by atoms with van der Waals surface area (Å²) < 4.78 is 10.7. The average molecular weight is 462 g/mol. The van der Waals surface area contributed by atoms with Gasteiger partial charge in [0.15, 0.2) is 18.2 Å². The van der Waals surface area contributed by atoms with E-state index >= 15 is 0 Å². The van der Waals surface area contributed by atoms with E-state index in [0.29, 0.717) is 29.0 Å². The zero-order valence-corrected chi connectivity index (χ0v) is 18.9. The second-order valence-electron chi connectivity index (χ2n) is 7.70. The molecule has 3 rings (SSSR count). The Morgan fingerprint density at radius 2 is 1.50 bits per heavy atom. The largest absolute Gasteiger partial charge is 0.497 e. The Morgan fingerprint density at radius 1 is 0.853 bits per heavy atom. The number of para-hydroxylation sites is 1. The van der Waals surface area contributed by atoms with Crippen LogP contribution in [0.15, 0.2) is 78.9 Å². The van der Waals surface area contributed by atoms with Gasteiger partial charge in [-0.05, 0) is 41.8 Å². The molecule has 3 aromatic carbocycles. The van der Waals surface area contributed by atoms with Crippen LogP contribution < -0.4 is 14.8 Å². The van der Waals surface area contributed by atoms with E-state index in [-0.39, 0.29) is 24.6 Å². The van der Waals surface area contributed by atoms with Crippen LogP contribution in [0.5, 0.6) is 11.5 Å². The number of carbonyl (C=O) groups is 3. The van der Waals surface area contributed by atoms with Gasteiger partial charge in [-0.25, -0.2) is 0 Å². The minimum atomic E-state index is -0.765. The van der Waals surface area contributed by atoms with Crippen LogP contribution in [0.2, 0.25) is 0 Å². The molecule has 7 nitrogen and oxygen atoms in total. The second kappa shape index (κ2) is 12.3. The first-order valence-electron chi connectivity index (χ1n) is 10.8. The van der Waals surface area contributed by atoms with E-state index in [0.717, 1.165) is 5.56 Å². The van der Waals surface area contributed by atoms with Gasteiger partial charge in [0.25, 0.3) is 5.91 Å². The minimum Gasteiger partial charge on any atom is -0.497 e. The molecule has 0 heterocycles. The molecule has 0 saturated carbocycles. The van der Waals surface area contributed by atoms with Crippen molar-refractivity contribution in [2.45, 2.75) is 18.9 Å². The van der Waals surface area contributed by atoms with Crippen LogP contribution in [0.4, 0.5) is 0 Å². The van der Waals surface area contributed by atoms with Crippen molar-refractivity contribution in [1.29, 1.82) is 0 Å². The molecular weight excluding hydrogens is 434 g/mol. The number of nitrogens with one attached hydrogen (secondary N) is 1. The van der Waals surface area contributed by atoms with E-state index < -0.39 is 18.6 Å². The van der Waals surface area contributed by atoms with E-state index in [1.807, 2.05) is 30.3 Å². The third kappa shape index (κ3) is 7.28. The molecule has 0 fully saturated rings. The first-order chi connectivity index (χ1) is 16.5. The molecule has 0 radical (unpaired) electrons. The number of benzene rings is 3. The van der Waals surface area contributed by atoms with Gasteiger partial charge in [-0.3, -0.25) is 14.4 Å². The first-order valence-corrected chi connectivity index (χ1v) is 10.8. The van der Waals surface area contributed by atoms with Gasteiger partial charge in [0.2, 0.25) is 0 Å². The highest BCUT2D eigenvalue weighted by molar-refractivity contribution is 5.97. The number of hydrogen-bond acceptors (Lipinski definition) is 6. The van der Waals surface area contributed by atoms with E-state index in [1.165, 1.54) is 0 Å². The molecule has 7 heteroatoms. The van der Waals surface area contributed by atoms with E-state index in [2.05, 4.69) is 5.32 Å². The molecule has 0 aliphatic carbocycles. The molecule has 0 bridgehead atoms. The Hall–Kier alpha value is -3.97. The van der Waals surface area contributed by atoms with Crippen molar-refractivity contribution in [3.63, 3.8) is 0 Å². The maximum atomic E-state index is 13.1. The summed E-state index contributed by atoms with van der Waals surface area (Å²) >= 11 is 0. The number of hydrogen-bond donors (Lipinski definition) is 2. The topological polar surface area (TPSA) is 102 Å². The van der Waals surface area contributed by atoms with Crippen LogP contribution in [0.1, 0.15) is 21.5 Å². The molecule has 1 atom stereocenters. The summed E-state index contributed by atoms with van der Waals surface area (Å²) in [5.74, 6) is 0.295. The number of ether oxygens (including phenoxy) is 2. The smallest absolute Gasteiger partial charge is 0.258 e. The Balaban J connectivity index is 1.69. The number of ketones is 2. The SMILES string of the molecule is COc1ccc(C[C@H](NC(=O)COc2ccccc2)C(=O)Cc2ccc(C(=O)CO)cc2)cc1. The fourth-order valence-electron chi connectivity index (χ4n) is 3.37. The highest BCUT2D eigenvalue weighted by Gasteiger charge is 2.22. The number of carbonyl (C=O) groups excluding carboxylic acids is 3. The van der Waals surface area contributed by atoms with Crippen LogP contribution in [0.25, 0.3) is 0 Å². The van der Waals surface area contributed by atoms with Gasteiger partial charge < -0.3 is 19.9 Å². The molecular formula is C27H27NO6. The molecule has 0 aromatic heterocycles. The highest BCUT2D eigenvalue weighted by atomic mass is 16.5. The summed E-state index contributed by atoms with van der Waals surface area (Å²) in [5, 5.41) is 11.8. The normalized spacial score (nSPS) is 11.4. The second-order valence-corrected chi connectivity index (χ2v) is 7.70. The standard InChI is InChI=1S/C27H27NO6/c1-33-22-13-9-19(10-14-22)15-24(28-27(32)18-34-23-5-3-2-4-6-23)25(30)16-20-7-11-21(12-8-20)26(31)17-29/h2-14,24,29H,15-18H2,1H3,(H,28,32)/t24-/m0/s1. The Bertz CT molecular complexity index is 1090. The molecule has 0 unspecified atom stereocenters. The van der Waals surface area contributed by atoms with Crippen LogP contribution in [0.3, 0.4) is 0 Å². The Kier molecular flexibility index (Phi) is 8.94. The number of Topliss-reactive ketones (excluding diaryl/α,β-unsaturated/α-hetero) is 2. The van der Waals surface area contributed by atoms with Crippen molar-refractivity contribution < 1.29 is 29.0 Å².